The maximum absolute atomic E-state index is 4.36. The van der Waals surface area contributed by atoms with Crippen molar-refractivity contribution in [2.75, 3.05) is 11.9 Å². The van der Waals surface area contributed by atoms with E-state index >= 15 is 0 Å². The maximum atomic E-state index is 4.36. The summed E-state index contributed by atoms with van der Waals surface area (Å²) in [5.41, 5.74) is 5.84. The minimum atomic E-state index is 0.929. The van der Waals surface area contributed by atoms with Crippen molar-refractivity contribution in [3.05, 3.63) is 72.1 Å². The second kappa shape index (κ2) is 5.76. The SMILES string of the molecule is Cc1nccc2c1[nH]c1ccc(NCCc3ccccc3)cc12. The molecule has 0 fully saturated rings. The van der Waals surface area contributed by atoms with Crippen molar-refractivity contribution < 1.29 is 0 Å². The van der Waals surface area contributed by atoms with Gasteiger partial charge in [0.15, 0.2) is 0 Å². The summed E-state index contributed by atoms with van der Waals surface area (Å²) >= 11 is 0. The standard InChI is InChI=1S/C20H19N3/c1-14-20-17(10-12-21-14)18-13-16(7-8-19(18)23-20)22-11-9-15-5-3-2-4-6-15/h2-8,10,12-13,22-23H,9,11H2,1H3. The Balaban J connectivity index is 1.59. The normalized spacial score (nSPS) is 11.2. The van der Waals surface area contributed by atoms with Crippen LogP contribution in [0, 0.1) is 6.92 Å². The van der Waals surface area contributed by atoms with E-state index in [4.69, 9.17) is 0 Å². The van der Waals surface area contributed by atoms with Crippen LogP contribution < -0.4 is 5.32 Å². The number of rotatable bonds is 4. The van der Waals surface area contributed by atoms with Gasteiger partial charge >= 0.3 is 0 Å². The van der Waals surface area contributed by atoms with Crippen molar-refractivity contribution in [2.45, 2.75) is 13.3 Å². The second-order valence-electron chi connectivity index (χ2n) is 5.87. The summed E-state index contributed by atoms with van der Waals surface area (Å²) in [4.78, 5) is 7.83. The fourth-order valence-electron chi connectivity index (χ4n) is 3.07. The molecule has 0 spiro atoms. The van der Waals surface area contributed by atoms with Gasteiger partial charge < -0.3 is 10.3 Å². The molecule has 0 saturated carbocycles. The lowest BCUT2D eigenvalue weighted by Crippen LogP contribution is -2.04. The Morgan fingerprint density at radius 2 is 1.87 bits per heavy atom. The number of anilines is 1. The molecule has 0 radical (unpaired) electrons. The van der Waals surface area contributed by atoms with Gasteiger partial charge in [0.05, 0.1) is 11.2 Å². The predicted molar refractivity (Wildman–Crippen MR) is 97.0 cm³/mol. The van der Waals surface area contributed by atoms with E-state index in [2.05, 4.69) is 69.9 Å². The van der Waals surface area contributed by atoms with Crippen LogP contribution in [0.3, 0.4) is 0 Å². The van der Waals surface area contributed by atoms with Gasteiger partial charge in [0.2, 0.25) is 0 Å². The van der Waals surface area contributed by atoms with Crippen molar-refractivity contribution in [1.29, 1.82) is 0 Å². The zero-order valence-corrected chi connectivity index (χ0v) is 13.1. The van der Waals surface area contributed by atoms with Gasteiger partial charge in [0.1, 0.15) is 0 Å². The van der Waals surface area contributed by atoms with Crippen molar-refractivity contribution >= 4 is 27.5 Å². The van der Waals surface area contributed by atoms with E-state index in [-0.39, 0.29) is 0 Å². The van der Waals surface area contributed by atoms with Gasteiger partial charge in [-0.25, -0.2) is 0 Å². The Morgan fingerprint density at radius 1 is 1.00 bits per heavy atom. The average Bonchev–Trinajstić information content (AvgIpc) is 2.96. The van der Waals surface area contributed by atoms with Gasteiger partial charge in [-0.3, -0.25) is 4.98 Å². The second-order valence-corrected chi connectivity index (χ2v) is 5.87. The highest BCUT2D eigenvalue weighted by atomic mass is 14.9. The van der Waals surface area contributed by atoms with Crippen molar-refractivity contribution in [3.8, 4) is 0 Å². The summed E-state index contributed by atoms with van der Waals surface area (Å²) in [7, 11) is 0. The molecule has 3 heteroatoms. The Hall–Kier alpha value is -2.81. The van der Waals surface area contributed by atoms with E-state index in [1.165, 1.54) is 16.3 Å². The molecule has 4 rings (SSSR count). The zero-order valence-electron chi connectivity index (χ0n) is 13.1. The number of benzene rings is 2. The van der Waals surface area contributed by atoms with Crippen LogP contribution in [-0.4, -0.2) is 16.5 Å². The first-order valence-corrected chi connectivity index (χ1v) is 7.96. The Kier molecular flexibility index (Phi) is 3.46. The van der Waals surface area contributed by atoms with Crippen LogP contribution >= 0.6 is 0 Å². The first-order chi connectivity index (χ1) is 11.3. The van der Waals surface area contributed by atoms with E-state index in [0.29, 0.717) is 0 Å². The number of nitrogens with one attached hydrogen (secondary N) is 2. The molecule has 0 unspecified atom stereocenters. The van der Waals surface area contributed by atoms with Crippen molar-refractivity contribution in [3.63, 3.8) is 0 Å². The zero-order chi connectivity index (χ0) is 15.6. The third kappa shape index (κ3) is 2.66. The molecule has 2 N–H and O–H groups in total. The molecule has 23 heavy (non-hydrogen) atoms. The molecule has 0 atom stereocenters. The predicted octanol–water partition coefficient (Wildman–Crippen LogP) is 4.68. The number of fused-ring (bicyclic) bond motifs is 3. The smallest absolute Gasteiger partial charge is 0.0681 e. The summed E-state index contributed by atoms with van der Waals surface area (Å²) in [5, 5.41) is 6.01. The van der Waals surface area contributed by atoms with E-state index in [1.807, 2.05) is 13.1 Å². The van der Waals surface area contributed by atoms with E-state index < -0.39 is 0 Å². The van der Waals surface area contributed by atoms with Crippen LogP contribution in [0.15, 0.2) is 60.8 Å². The molecule has 2 heterocycles. The number of aromatic nitrogens is 2. The molecule has 4 aromatic rings. The Labute approximate surface area is 135 Å². The molecule has 0 saturated heterocycles. The minimum absolute atomic E-state index is 0.929. The number of hydrogen-bond acceptors (Lipinski definition) is 2. The lowest BCUT2D eigenvalue weighted by atomic mass is 10.1. The van der Waals surface area contributed by atoms with E-state index in [9.17, 15) is 0 Å². The molecular formula is C20H19N3. The summed E-state index contributed by atoms with van der Waals surface area (Å²) in [6, 6.07) is 19.1. The molecule has 0 aliphatic heterocycles. The first kappa shape index (κ1) is 13.8. The first-order valence-electron chi connectivity index (χ1n) is 7.96. The lowest BCUT2D eigenvalue weighted by Gasteiger charge is -2.07. The summed E-state index contributed by atoms with van der Waals surface area (Å²) in [6.45, 7) is 2.97. The quantitative estimate of drug-likeness (QED) is 0.574. The van der Waals surface area contributed by atoms with Crippen LogP contribution in [0.25, 0.3) is 21.8 Å². The molecular weight excluding hydrogens is 282 g/mol. The molecule has 0 bridgehead atoms. The number of nitrogens with zero attached hydrogens (tertiary/aromatic N) is 1. The minimum Gasteiger partial charge on any atom is -0.385 e. The highest BCUT2D eigenvalue weighted by Crippen LogP contribution is 2.28. The van der Waals surface area contributed by atoms with Crippen LogP contribution in [0.4, 0.5) is 5.69 Å². The number of aryl methyl sites for hydroxylation is 1. The Bertz CT molecular complexity index is 955. The third-order valence-electron chi connectivity index (χ3n) is 4.30. The average molecular weight is 301 g/mol. The van der Waals surface area contributed by atoms with E-state index in [1.54, 1.807) is 0 Å². The number of H-pyrrole nitrogens is 1. The van der Waals surface area contributed by atoms with Crippen LogP contribution in [-0.2, 0) is 6.42 Å². The van der Waals surface area contributed by atoms with Crippen LogP contribution in [0.5, 0.6) is 0 Å². The van der Waals surface area contributed by atoms with Gasteiger partial charge in [0, 0.05) is 34.7 Å². The summed E-state index contributed by atoms with van der Waals surface area (Å²) in [5.74, 6) is 0. The molecule has 114 valence electrons. The third-order valence-corrected chi connectivity index (χ3v) is 4.30. The molecule has 0 amide bonds. The summed E-state index contributed by atoms with van der Waals surface area (Å²) in [6.07, 6.45) is 2.90. The number of pyridine rings is 1. The van der Waals surface area contributed by atoms with Gasteiger partial charge in [-0.15, -0.1) is 0 Å². The lowest BCUT2D eigenvalue weighted by molar-refractivity contribution is 1.02. The summed E-state index contributed by atoms with van der Waals surface area (Å²) < 4.78 is 0. The highest BCUT2D eigenvalue weighted by Gasteiger charge is 2.07. The van der Waals surface area contributed by atoms with Gasteiger partial charge in [-0.05, 0) is 43.2 Å². The maximum Gasteiger partial charge on any atom is 0.0681 e. The van der Waals surface area contributed by atoms with Gasteiger partial charge in [-0.2, -0.15) is 0 Å². The van der Waals surface area contributed by atoms with Crippen molar-refractivity contribution in [2.24, 2.45) is 0 Å². The molecule has 3 nitrogen and oxygen atoms in total. The molecule has 0 aliphatic carbocycles. The largest absolute Gasteiger partial charge is 0.385 e. The van der Waals surface area contributed by atoms with Crippen molar-refractivity contribution in [1.82, 2.24) is 9.97 Å². The topological polar surface area (TPSA) is 40.7 Å². The number of hydrogen-bond donors (Lipinski definition) is 2. The van der Waals surface area contributed by atoms with Crippen LogP contribution in [0.2, 0.25) is 0 Å². The van der Waals surface area contributed by atoms with E-state index in [0.717, 1.165) is 35.4 Å². The highest BCUT2D eigenvalue weighted by molar-refractivity contribution is 6.08. The molecule has 2 aromatic carbocycles. The fraction of sp³-hybridized carbons (Fsp3) is 0.150. The fourth-order valence-corrected chi connectivity index (χ4v) is 3.07. The Morgan fingerprint density at radius 3 is 2.74 bits per heavy atom. The molecule has 0 aliphatic rings. The van der Waals surface area contributed by atoms with Gasteiger partial charge in [0.25, 0.3) is 0 Å². The van der Waals surface area contributed by atoms with Crippen LogP contribution in [0.1, 0.15) is 11.3 Å². The molecule has 2 aromatic heterocycles. The van der Waals surface area contributed by atoms with Gasteiger partial charge in [-0.1, -0.05) is 30.3 Å². The monoisotopic (exact) mass is 301 g/mol. The number of aromatic amines is 1.